The molecule has 1 aliphatic carbocycles. The Kier molecular flexibility index (Phi) is 4.75. The SMILES string of the molecule is O=C(c1ccc([C@@H]2CCCN2C(=O)C2CCC2)s1)N1CCCC(F)(F)C1. The number of rotatable bonds is 3. The van der Waals surface area contributed by atoms with E-state index in [-0.39, 0.29) is 30.2 Å². The molecule has 2 aliphatic heterocycles. The van der Waals surface area contributed by atoms with Gasteiger partial charge < -0.3 is 9.80 Å². The Morgan fingerprint density at radius 3 is 2.58 bits per heavy atom. The zero-order valence-corrected chi connectivity index (χ0v) is 15.6. The summed E-state index contributed by atoms with van der Waals surface area (Å²) in [5, 5.41) is 0. The minimum atomic E-state index is -2.79. The van der Waals surface area contributed by atoms with Crippen LogP contribution in [0.1, 0.15) is 65.5 Å². The van der Waals surface area contributed by atoms with Gasteiger partial charge in [0.2, 0.25) is 5.91 Å². The van der Waals surface area contributed by atoms with Crippen LogP contribution in [-0.2, 0) is 4.79 Å². The molecule has 4 nitrogen and oxygen atoms in total. The third kappa shape index (κ3) is 3.38. The minimum Gasteiger partial charge on any atom is -0.335 e. The van der Waals surface area contributed by atoms with Crippen LogP contribution in [0.25, 0.3) is 0 Å². The third-order valence-corrected chi connectivity index (χ3v) is 7.01. The molecule has 0 bridgehead atoms. The van der Waals surface area contributed by atoms with Crippen LogP contribution in [0.15, 0.2) is 12.1 Å². The van der Waals surface area contributed by atoms with E-state index >= 15 is 0 Å². The molecule has 26 heavy (non-hydrogen) atoms. The molecule has 1 aromatic heterocycles. The molecular formula is C19H24F2N2O2S. The molecule has 3 aliphatic rings. The van der Waals surface area contributed by atoms with E-state index in [0.717, 1.165) is 43.5 Å². The molecule has 3 heterocycles. The Bertz CT molecular complexity index is 701. The van der Waals surface area contributed by atoms with Gasteiger partial charge in [0.15, 0.2) is 0 Å². The van der Waals surface area contributed by atoms with Crippen molar-refractivity contribution in [3.63, 3.8) is 0 Å². The van der Waals surface area contributed by atoms with Gasteiger partial charge in [-0.1, -0.05) is 6.42 Å². The van der Waals surface area contributed by atoms with E-state index < -0.39 is 12.5 Å². The maximum absolute atomic E-state index is 13.6. The predicted molar refractivity (Wildman–Crippen MR) is 95.4 cm³/mol. The van der Waals surface area contributed by atoms with Gasteiger partial charge in [-0.15, -0.1) is 11.3 Å². The Hall–Kier alpha value is -1.50. The number of halogens is 2. The summed E-state index contributed by atoms with van der Waals surface area (Å²) in [5.41, 5.74) is 0. The number of amides is 2. The number of carbonyl (C=O) groups is 2. The summed E-state index contributed by atoms with van der Waals surface area (Å²) in [6, 6.07) is 3.67. The average molecular weight is 382 g/mol. The lowest BCUT2D eigenvalue weighted by Gasteiger charge is -2.32. The fourth-order valence-electron chi connectivity index (χ4n) is 4.16. The molecule has 0 N–H and O–H groups in total. The van der Waals surface area contributed by atoms with Crippen molar-refractivity contribution >= 4 is 23.2 Å². The van der Waals surface area contributed by atoms with Crippen molar-refractivity contribution in [2.24, 2.45) is 5.92 Å². The Morgan fingerprint density at radius 1 is 1.08 bits per heavy atom. The number of carbonyl (C=O) groups excluding carboxylic acids is 2. The van der Waals surface area contributed by atoms with E-state index in [2.05, 4.69) is 0 Å². The first-order chi connectivity index (χ1) is 12.4. The van der Waals surface area contributed by atoms with Gasteiger partial charge in [0.05, 0.1) is 17.5 Å². The number of piperidine rings is 1. The molecule has 0 radical (unpaired) electrons. The molecule has 2 saturated heterocycles. The number of likely N-dealkylation sites (tertiary alicyclic amines) is 2. The van der Waals surface area contributed by atoms with E-state index in [1.54, 1.807) is 6.07 Å². The van der Waals surface area contributed by atoms with Crippen LogP contribution in [0.2, 0.25) is 0 Å². The smallest absolute Gasteiger partial charge is 0.265 e. The summed E-state index contributed by atoms with van der Waals surface area (Å²) in [5.74, 6) is -2.68. The molecule has 2 amide bonds. The lowest BCUT2D eigenvalue weighted by atomic mass is 9.84. The van der Waals surface area contributed by atoms with Gasteiger partial charge in [-0.2, -0.15) is 0 Å². The number of hydrogen-bond donors (Lipinski definition) is 0. The minimum absolute atomic E-state index is 0.0393. The van der Waals surface area contributed by atoms with Crippen molar-refractivity contribution in [3.8, 4) is 0 Å². The maximum Gasteiger partial charge on any atom is 0.265 e. The fraction of sp³-hybridized carbons (Fsp3) is 0.684. The highest BCUT2D eigenvalue weighted by Gasteiger charge is 2.39. The van der Waals surface area contributed by atoms with Crippen LogP contribution >= 0.6 is 11.3 Å². The quantitative estimate of drug-likeness (QED) is 0.790. The van der Waals surface area contributed by atoms with E-state index in [0.29, 0.717) is 17.8 Å². The molecule has 7 heteroatoms. The van der Waals surface area contributed by atoms with Gasteiger partial charge in [0.1, 0.15) is 0 Å². The highest BCUT2D eigenvalue weighted by molar-refractivity contribution is 7.14. The summed E-state index contributed by atoms with van der Waals surface area (Å²) < 4.78 is 27.2. The highest BCUT2D eigenvalue weighted by Crippen LogP contribution is 2.40. The molecule has 3 fully saturated rings. The standard InChI is InChI=1S/C19H24F2N2O2S/c20-19(21)9-3-10-22(12-19)18(25)16-8-7-15(26-16)14-6-2-11-23(14)17(24)13-4-1-5-13/h7-8,13-14H,1-6,9-12H2/t14-/m0/s1. The molecule has 0 spiro atoms. The molecule has 1 saturated carbocycles. The lowest BCUT2D eigenvalue weighted by molar-refractivity contribution is -0.139. The Balaban J connectivity index is 1.47. The van der Waals surface area contributed by atoms with Crippen molar-refractivity contribution in [1.29, 1.82) is 0 Å². The first kappa shape index (κ1) is 17.9. The second-order valence-corrected chi connectivity index (χ2v) is 8.82. The van der Waals surface area contributed by atoms with E-state index in [1.165, 1.54) is 16.2 Å². The maximum atomic E-state index is 13.6. The first-order valence-electron chi connectivity index (χ1n) is 9.52. The first-order valence-corrected chi connectivity index (χ1v) is 10.3. The normalized spacial score (nSPS) is 26.0. The Labute approximate surface area is 156 Å². The van der Waals surface area contributed by atoms with Crippen molar-refractivity contribution in [2.75, 3.05) is 19.6 Å². The van der Waals surface area contributed by atoms with Crippen molar-refractivity contribution in [3.05, 3.63) is 21.9 Å². The number of alkyl halides is 2. The Morgan fingerprint density at radius 2 is 1.88 bits per heavy atom. The zero-order chi connectivity index (χ0) is 18.3. The van der Waals surface area contributed by atoms with Gasteiger partial charge in [0, 0.05) is 30.3 Å². The third-order valence-electron chi connectivity index (χ3n) is 5.84. The van der Waals surface area contributed by atoms with E-state index in [1.807, 2.05) is 11.0 Å². The highest BCUT2D eigenvalue weighted by atomic mass is 32.1. The largest absolute Gasteiger partial charge is 0.335 e. The second-order valence-electron chi connectivity index (χ2n) is 7.71. The topological polar surface area (TPSA) is 40.6 Å². The van der Waals surface area contributed by atoms with Crippen LogP contribution in [0.4, 0.5) is 8.78 Å². The molecular weight excluding hydrogens is 358 g/mol. The molecule has 1 atom stereocenters. The van der Waals surface area contributed by atoms with Crippen molar-refractivity contribution in [2.45, 2.75) is 56.9 Å². The van der Waals surface area contributed by atoms with Gasteiger partial charge in [-0.05, 0) is 44.2 Å². The summed E-state index contributed by atoms with van der Waals surface area (Å²) in [7, 11) is 0. The number of hydrogen-bond acceptors (Lipinski definition) is 3. The number of thiophene rings is 1. The molecule has 0 aromatic carbocycles. The molecule has 1 aromatic rings. The lowest BCUT2D eigenvalue weighted by Crippen LogP contribution is -2.45. The van der Waals surface area contributed by atoms with Crippen LogP contribution in [0.3, 0.4) is 0 Å². The van der Waals surface area contributed by atoms with Gasteiger partial charge in [0.25, 0.3) is 11.8 Å². The van der Waals surface area contributed by atoms with Gasteiger partial charge >= 0.3 is 0 Å². The second kappa shape index (κ2) is 6.91. The van der Waals surface area contributed by atoms with Crippen LogP contribution in [-0.4, -0.2) is 47.2 Å². The van der Waals surface area contributed by atoms with Gasteiger partial charge in [-0.3, -0.25) is 9.59 Å². The zero-order valence-electron chi connectivity index (χ0n) is 14.8. The summed E-state index contributed by atoms with van der Waals surface area (Å²) in [4.78, 5) is 30.0. The van der Waals surface area contributed by atoms with Crippen LogP contribution in [0.5, 0.6) is 0 Å². The van der Waals surface area contributed by atoms with E-state index in [4.69, 9.17) is 0 Å². The summed E-state index contributed by atoms with van der Waals surface area (Å²) in [6.07, 6.45) is 5.18. The fourth-order valence-corrected chi connectivity index (χ4v) is 5.28. The summed E-state index contributed by atoms with van der Waals surface area (Å²) >= 11 is 1.36. The van der Waals surface area contributed by atoms with Gasteiger partial charge in [-0.25, -0.2) is 8.78 Å². The predicted octanol–water partition coefficient (Wildman–Crippen LogP) is 4.08. The van der Waals surface area contributed by atoms with Crippen molar-refractivity contribution < 1.29 is 18.4 Å². The summed E-state index contributed by atoms with van der Waals surface area (Å²) in [6.45, 7) is 0.672. The van der Waals surface area contributed by atoms with Crippen LogP contribution in [0, 0.1) is 5.92 Å². The molecule has 4 rings (SSSR count). The monoisotopic (exact) mass is 382 g/mol. The number of nitrogens with zero attached hydrogens (tertiary/aromatic N) is 2. The molecule has 0 unspecified atom stereocenters. The van der Waals surface area contributed by atoms with Crippen LogP contribution < -0.4 is 0 Å². The van der Waals surface area contributed by atoms with E-state index in [9.17, 15) is 18.4 Å². The molecule has 142 valence electrons. The average Bonchev–Trinajstić information content (AvgIpc) is 3.20. The van der Waals surface area contributed by atoms with Crippen molar-refractivity contribution in [1.82, 2.24) is 9.80 Å².